The van der Waals surface area contributed by atoms with Crippen molar-refractivity contribution in [2.45, 2.75) is 57.6 Å². The maximum absolute atomic E-state index is 14.1. The summed E-state index contributed by atoms with van der Waals surface area (Å²) in [5.41, 5.74) is 0.0532. The van der Waals surface area contributed by atoms with Crippen molar-refractivity contribution in [3.63, 3.8) is 0 Å². The van der Waals surface area contributed by atoms with Crippen LogP contribution in [0.15, 0.2) is 17.0 Å². The first-order chi connectivity index (χ1) is 12.2. The highest BCUT2D eigenvalue weighted by Gasteiger charge is 2.26. The standard InChI is InChI=1S/C19H27ClFNO3S/c1-6-7-8-25-19(24)17(11(2)3)26-16-10-15(14(21)9-13(16)20)22-18(23)12(4)5/h9-12,17H,6-8H2,1-5H3,(H,22,23). The van der Waals surface area contributed by atoms with E-state index in [0.29, 0.717) is 11.5 Å². The summed E-state index contributed by atoms with van der Waals surface area (Å²) in [6.07, 6.45) is 1.75. The minimum atomic E-state index is -0.611. The van der Waals surface area contributed by atoms with Crippen LogP contribution < -0.4 is 5.32 Å². The fourth-order valence-electron chi connectivity index (χ4n) is 1.98. The molecule has 0 aliphatic heterocycles. The molecule has 1 N–H and O–H groups in total. The van der Waals surface area contributed by atoms with Gasteiger partial charge in [-0.2, -0.15) is 0 Å². The van der Waals surface area contributed by atoms with Crippen molar-refractivity contribution in [1.82, 2.24) is 0 Å². The summed E-state index contributed by atoms with van der Waals surface area (Å²) in [5.74, 6) is -1.49. The molecule has 4 nitrogen and oxygen atoms in total. The van der Waals surface area contributed by atoms with Crippen molar-refractivity contribution in [2.75, 3.05) is 11.9 Å². The molecule has 0 fully saturated rings. The first kappa shape index (κ1) is 22.8. The number of carbonyl (C=O) groups is 2. The minimum absolute atomic E-state index is 0.00366. The van der Waals surface area contributed by atoms with Crippen LogP contribution in [0.5, 0.6) is 0 Å². The SMILES string of the molecule is CCCCOC(=O)C(Sc1cc(NC(=O)C(C)C)c(F)cc1Cl)C(C)C. The van der Waals surface area contributed by atoms with Gasteiger partial charge in [0.2, 0.25) is 5.91 Å². The van der Waals surface area contributed by atoms with Crippen molar-refractivity contribution < 1.29 is 18.7 Å². The molecule has 1 unspecified atom stereocenters. The largest absolute Gasteiger partial charge is 0.465 e. The van der Waals surface area contributed by atoms with Gasteiger partial charge in [0.1, 0.15) is 11.1 Å². The van der Waals surface area contributed by atoms with Crippen molar-refractivity contribution in [2.24, 2.45) is 11.8 Å². The number of halogens is 2. The molecule has 1 aromatic rings. The molecule has 0 heterocycles. The number of anilines is 1. The summed E-state index contributed by atoms with van der Waals surface area (Å²) < 4.78 is 19.4. The van der Waals surface area contributed by atoms with E-state index in [4.69, 9.17) is 16.3 Å². The summed E-state index contributed by atoms with van der Waals surface area (Å²) in [5, 5.41) is 2.28. The van der Waals surface area contributed by atoms with Crippen LogP contribution in [0, 0.1) is 17.7 Å². The first-order valence-corrected chi connectivity index (χ1v) is 10.1. The van der Waals surface area contributed by atoms with E-state index in [1.54, 1.807) is 13.8 Å². The fraction of sp³-hybridized carbons (Fsp3) is 0.579. The molecule has 0 aromatic heterocycles. The molecule has 0 aliphatic carbocycles. The van der Waals surface area contributed by atoms with Gasteiger partial charge in [0.25, 0.3) is 0 Å². The van der Waals surface area contributed by atoms with Crippen molar-refractivity contribution in [1.29, 1.82) is 0 Å². The van der Waals surface area contributed by atoms with E-state index in [0.717, 1.165) is 18.9 Å². The van der Waals surface area contributed by atoms with Crippen LogP contribution in [0.4, 0.5) is 10.1 Å². The zero-order chi connectivity index (χ0) is 19.9. The van der Waals surface area contributed by atoms with Gasteiger partial charge in [0.05, 0.1) is 17.3 Å². The van der Waals surface area contributed by atoms with E-state index in [9.17, 15) is 14.0 Å². The van der Waals surface area contributed by atoms with Gasteiger partial charge in [0.15, 0.2) is 0 Å². The van der Waals surface area contributed by atoms with Gasteiger partial charge in [0, 0.05) is 10.8 Å². The molecule has 0 spiro atoms. The van der Waals surface area contributed by atoms with Crippen LogP contribution in [0.1, 0.15) is 47.5 Å². The van der Waals surface area contributed by atoms with E-state index < -0.39 is 11.1 Å². The van der Waals surface area contributed by atoms with E-state index >= 15 is 0 Å². The maximum atomic E-state index is 14.1. The molecule has 0 saturated heterocycles. The Kier molecular flexibility index (Phi) is 9.44. The molecule has 146 valence electrons. The second-order valence-electron chi connectivity index (χ2n) is 6.71. The van der Waals surface area contributed by atoms with Crippen molar-refractivity contribution in [3.05, 3.63) is 23.0 Å². The Hall–Kier alpha value is -1.27. The molecular formula is C19H27ClFNO3S. The third-order valence-corrected chi connectivity index (χ3v) is 5.64. The number of rotatable bonds is 9. The molecule has 0 saturated carbocycles. The normalized spacial score (nSPS) is 12.3. The predicted molar refractivity (Wildman–Crippen MR) is 105 cm³/mol. The summed E-state index contributed by atoms with van der Waals surface area (Å²) >= 11 is 7.38. The van der Waals surface area contributed by atoms with Crippen molar-refractivity contribution >= 4 is 40.9 Å². The Morgan fingerprint density at radius 3 is 2.46 bits per heavy atom. The summed E-state index contributed by atoms with van der Waals surface area (Å²) in [4.78, 5) is 24.7. The smallest absolute Gasteiger partial charge is 0.319 e. The van der Waals surface area contributed by atoms with Gasteiger partial charge < -0.3 is 10.1 Å². The Balaban J connectivity index is 3.00. The zero-order valence-corrected chi connectivity index (χ0v) is 17.5. The van der Waals surface area contributed by atoms with E-state index in [2.05, 4.69) is 5.32 Å². The Bertz CT molecular complexity index is 637. The number of benzene rings is 1. The van der Waals surface area contributed by atoms with Crippen LogP contribution >= 0.6 is 23.4 Å². The highest BCUT2D eigenvalue weighted by Crippen LogP contribution is 2.37. The Morgan fingerprint density at radius 1 is 1.27 bits per heavy atom. The second-order valence-corrected chi connectivity index (χ2v) is 8.30. The number of hydrogen-bond acceptors (Lipinski definition) is 4. The lowest BCUT2D eigenvalue weighted by Crippen LogP contribution is -2.26. The highest BCUT2D eigenvalue weighted by atomic mass is 35.5. The Morgan fingerprint density at radius 2 is 1.92 bits per heavy atom. The second kappa shape index (κ2) is 10.8. The molecule has 1 rings (SSSR count). The fourth-order valence-corrected chi connectivity index (χ4v) is 3.34. The van der Waals surface area contributed by atoms with Crippen LogP contribution in [0.2, 0.25) is 5.02 Å². The van der Waals surface area contributed by atoms with Gasteiger partial charge in [-0.1, -0.05) is 52.6 Å². The number of nitrogens with one attached hydrogen (secondary N) is 1. The van der Waals surface area contributed by atoms with Gasteiger partial charge >= 0.3 is 5.97 Å². The van der Waals surface area contributed by atoms with Gasteiger partial charge in [-0.05, 0) is 24.5 Å². The van der Waals surface area contributed by atoms with Crippen molar-refractivity contribution in [3.8, 4) is 0 Å². The monoisotopic (exact) mass is 403 g/mol. The minimum Gasteiger partial charge on any atom is -0.465 e. The number of amides is 1. The van der Waals surface area contributed by atoms with Crippen LogP contribution in [-0.2, 0) is 14.3 Å². The predicted octanol–water partition coefficient (Wildman–Crippen LogP) is 5.53. The molecule has 1 amide bonds. The topological polar surface area (TPSA) is 55.4 Å². The molecule has 0 bridgehead atoms. The average molecular weight is 404 g/mol. The summed E-state index contributed by atoms with van der Waals surface area (Å²) in [6, 6.07) is 2.62. The van der Waals surface area contributed by atoms with Crippen LogP contribution in [0.3, 0.4) is 0 Å². The lowest BCUT2D eigenvalue weighted by atomic mass is 10.1. The van der Waals surface area contributed by atoms with Gasteiger partial charge in [-0.15, -0.1) is 11.8 Å². The zero-order valence-electron chi connectivity index (χ0n) is 15.9. The van der Waals surface area contributed by atoms with Crippen LogP contribution in [-0.4, -0.2) is 23.7 Å². The lowest BCUT2D eigenvalue weighted by molar-refractivity contribution is -0.143. The maximum Gasteiger partial charge on any atom is 0.319 e. The van der Waals surface area contributed by atoms with E-state index in [1.165, 1.54) is 17.8 Å². The number of unbranched alkanes of at least 4 members (excludes halogenated alkanes) is 1. The average Bonchev–Trinajstić information content (AvgIpc) is 2.55. The summed E-state index contributed by atoms with van der Waals surface area (Å²) in [6.45, 7) is 9.68. The number of hydrogen-bond donors (Lipinski definition) is 1. The molecule has 1 aromatic carbocycles. The first-order valence-electron chi connectivity index (χ1n) is 8.80. The quantitative estimate of drug-likeness (QED) is 0.334. The van der Waals surface area contributed by atoms with E-state index in [-0.39, 0.29) is 34.4 Å². The molecule has 7 heteroatoms. The number of thioether (sulfide) groups is 1. The van der Waals surface area contributed by atoms with Gasteiger partial charge in [-0.25, -0.2) is 4.39 Å². The molecule has 0 aliphatic rings. The number of esters is 1. The molecular weight excluding hydrogens is 377 g/mol. The highest BCUT2D eigenvalue weighted by molar-refractivity contribution is 8.00. The molecule has 1 atom stereocenters. The number of carbonyl (C=O) groups excluding carboxylic acids is 2. The van der Waals surface area contributed by atoms with Gasteiger partial charge in [-0.3, -0.25) is 9.59 Å². The third kappa shape index (κ3) is 6.80. The summed E-state index contributed by atoms with van der Waals surface area (Å²) in [7, 11) is 0. The number of ether oxygens (including phenoxy) is 1. The Labute approximate surface area is 164 Å². The van der Waals surface area contributed by atoms with Crippen LogP contribution in [0.25, 0.3) is 0 Å². The third-order valence-electron chi connectivity index (χ3n) is 3.64. The molecule has 0 radical (unpaired) electrons. The van der Waals surface area contributed by atoms with E-state index in [1.807, 2.05) is 20.8 Å². The molecule has 26 heavy (non-hydrogen) atoms. The lowest BCUT2D eigenvalue weighted by Gasteiger charge is -2.20.